The number of aromatic nitrogens is 2. The molecule has 3 aromatic rings. The fourth-order valence-electron chi connectivity index (χ4n) is 1.95. The lowest BCUT2D eigenvalue weighted by molar-refractivity contribution is 0.112. The van der Waals surface area contributed by atoms with Gasteiger partial charge in [0.1, 0.15) is 5.01 Å². The van der Waals surface area contributed by atoms with Gasteiger partial charge in [0, 0.05) is 24.1 Å². The zero-order valence-corrected chi connectivity index (χ0v) is 10.1. The van der Waals surface area contributed by atoms with Crippen molar-refractivity contribution < 1.29 is 4.79 Å². The van der Waals surface area contributed by atoms with Gasteiger partial charge < -0.3 is 4.57 Å². The third-order valence-corrected chi connectivity index (χ3v) is 3.76. The molecule has 2 aromatic heterocycles. The van der Waals surface area contributed by atoms with Crippen LogP contribution in [0.5, 0.6) is 0 Å². The van der Waals surface area contributed by atoms with Gasteiger partial charge in [0.25, 0.3) is 0 Å². The summed E-state index contributed by atoms with van der Waals surface area (Å²) in [5.74, 6) is 0. The van der Waals surface area contributed by atoms with E-state index in [1.54, 1.807) is 6.20 Å². The van der Waals surface area contributed by atoms with Crippen LogP contribution < -0.4 is 0 Å². The molecule has 0 spiro atoms. The maximum Gasteiger partial charge on any atom is 0.161 e. The minimum atomic E-state index is 0.658. The number of carbonyl (C=O) groups is 1. The second-order valence-corrected chi connectivity index (χ2v) is 4.90. The van der Waals surface area contributed by atoms with Gasteiger partial charge >= 0.3 is 0 Å². The van der Waals surface area contributed by atoms with E-state index in [2.05, 4.69) is 27.8 Å². The SMILES string of the molecule is Cn1c(-c2ncc(C=O)s2)cc2ccccc21. The standard InChI is InChI=1S/C13H10N2OS/c1-15-11-5-3-2-4-9(11)6-12(15)13-14-7-10(8-16)17-13/h2-8H,1H3. The highest BCUT2D eigenvalue weighted by molar-refractivity contribution is 7.16. The van der Waals surface area contributed by atoms with Crippen molar-refractivity contribution in [1.82, 2.24) is 9.55 Å². The number of fused-ring (bicyclic) bond motifs is 1. The second-order valence-electron chi connectivity index (χ2n) is 3.83. The second kappa shape index (κ2) is 3.82. The van der Waals surface area contributed by atoms with Gasteiger partial charge in [-0.15, -0.1) is 11.3 Å². The van der Waals surface area contributed by atoms with E-state index < -0.39 is 0 Å². The summed E-state index contributed by atoms with van der Waals surface area (Å²) >= 11 is 1.42. The quantitative estimate of drug-likeness (QED) is 0.647. The molecule has 0 N–H and O–H groups in total. The molecule has 17 heavy (non-hydrogen) atoms. The molecule has 0 atom stereocenters. The van der Waals surface area contributed by atoms with Crippen LogP contribution in [0.15, 0.2) is 36.5 Å². The third kappa shape index (κ3) is 1.57. The molecule has 0 saturated carbocycles. The highest BCUT2D eigenvalue weighted by Crippen LogP contribution is 2.29. The number of hydrogen-bond acceptors (Lipinski definition) is 3. The Morgan fingerprint density at radius 1 is 1.35 bits per heavy atom. The van der Waals surface area contributed by atoms with Crippen molar-refractivity contribution in [3.8, 4) is 10.7 Å². The Hall–Kier alpha value is -1.94. The molecule has 3 nitrogen and oxygen atoms in total. The Kier molecular flexibility index (Phi) is 2.30. The third-order valence-electron chi connectivity index (χ3n) is 2.81. The number of thiazole rings is 1. The summed E-state index contributed by atoms with van der Waals surface area (Å²) in [6.07, 6.45) is 2.45. The highest BCUT2D eigenvalue weighted by atomic mass is 32.1. The molecule has 0 fully saturated rings. The van der Waals surface area contributed by atoms with Gasteiger partial charge in [-0.1, -0.05) is 18.2 Å². The molecule has 0 aliphatic rings. The van der Waals surface area contributed by atoms with E-state index >= 15 is 0 Å². The van der Waals surface area contributed by atoms with Gasteiger partial charge in [0.2, 0.25) is 0 Å². The first kappa shape index (κ1) is 10.2. The maximum absolute atomic E-state index is 10.7. The number of nitrogens with zero attached hydrogens (tertiary/aromatic N) is 2. The number of benzene rings is 1. The van der Waals surface area contributed by atoms with Gasteiger partial charge in [0.05, 0.1) is 10.6 Å². The Morgan fingerprint density at radius 3 is 2.88 bits per heavy atom. The van der Waals surface area contributed by atoms with Crippen LogP contribution in [0, 0.1) is 0 Å². The minimum absolute atomic E-state index is 0.658. The number of aldehydes is 1. The van der Waals surface area contributed by atoms with E-state index in [-0.39, 0.29) is 0 Å². The van der Waals surface area contributed by atoms with E-state index in [4.69, 9.17) is 0 Å². The molecule has 0 aliphatic heterocycles. The lowest BCUT2D eigenvalue weighted by atomic mass is 10.2. The Bertz CT molecular complexity index is 696. The molecule has 0 saturated heterocycles. The van der Waals surface area contributed by atoms with Crippen molar-refractivity contribution >= 4 is 28.5 Å². The molecule has 3 rings (SSSR count). The zero-order valence-electron chi connectivity index (χ0n) is 9.25. The van der Waals surface area contributed by atoms with E-state index in [9.17, 15) is 4.79 Å². The average Bonchev–Trinajstić information content (AvgIpc) is 2.95. The van der Waals surface area contributed by atoms with Crippen molar-refractivity contribution in [2.75, 3.05) is 0 Å². The minimum Gasteiger partial charge on any atom is -0.342 e. The Balaban J connectivity index is 2.23. The van der Waals surface area contributed by atoms with Crippen molar-refractivity contribution in [1.29, 1.82) is 0 Å². The predicted molar refractivity (Wildman–Crippen MR) is 69.4 cm³/mol. The highest BCUT2D eigenvalue weighted by Gasteiger charge is 2.10. The summed E-state index contributed by atoms with van der Waals surface area (Å²) in [6, 6.07) is 10.3. The van der Waals surface area contributed by atoms with E-state index in [0.717, 1.165) is 17.0 Å². The molecule has 1 aromatic carbocycles. The van der Waals surface area contributed by atoms with E-state index in [1.165, 1.54) is 22.2 Å². The van der Waals surface area contributed by atoms with Crippen molar-refractivity contribution in [3.63, 3.8) is 0 Å². The van der Waals surface area contributed by atoms with Crippen LogP contribution in [0.3, 0.4) is 0 Å². The first-order valence-corrected chi connectivity index (χ1v) is 6.07. The van der Waals surface area contributed by atoms with Crippen LogP contribution >= 0.6 is 11.3 Å². The molecule has 0 bridgehead atoms. The topological polar surface area (TPSA) is 34.9 Å². The number of rotatable bonds is 2. The summed E-state index contributed by atoms with van der Waals surface area (Å²) in [4.78, 5) is 15.6. The fraction of sp³-hybridized carbons (Fsp3) is 0.0769. The fourth-order valence-corrected chi connectivity index (χ4v) is 2.74. The van der Waals surface area contributed by atoms with Crippen LogP contribution in [0.2, 0.25) is 0 Å². The monoisotopic (exact) mass is 242 g/mol. The van der Waals surface area contributed by atoms with Gasteiger partial charge in [-0.25, -0.2) is 4.98 Å². The molecular formula is C13H10N2OS. The number of hydrogen-bond donors (Lipinski definition) is 0. The van der Waals surface area contributed by atoms with Crippen molar-refractivity contribution in [3.05, 3.63) is 41.4 Å². The smallest absolute Gasteiger partial charge is 0.161 e. The number of para-hydroxylation sites is 1. The predicted octanol–water partition coefficient (Wildman–Crippen LogP) is 3.11. The summed E-state index contributed by atoms with van der Waals surface area (Å²) < 4.78 is 2.10. The van der Waals surface area contributed by atoms with Crippen molar-refractivity contribution in [2.45, 2.75) is 0 Å². The van der Waals surface area contributed by atoms with Gasteiger partial charge in [0.15, 0.2) is 6.29 Å². The largest absolute Gasteiger partial charge is 0.342 e. The molecule has 4 heteroatoms. The van der Waals surface area contributed by atoms with Crippen LogP contribution in [-0.2, 0) is 7.05 Å². The maximum atomic E-state index is 10.7. The van der Waals surface area contributed by atoms with E-state index in [0.29, 0.717) is 4.88 Å². The average molecular weight is 242 g/mol. The normalized spacial score (nSPS) is 10.9. The molecule has 0 radical (unpaired) electrons. The Morgan fingerprint density at radius 2 is 2.18 bits per heavy atom. The van der Waals surface area contributed by atoms with Crippen LogP contribution in [0.1, 0.15) is 9.67 Å². The van der Waals surface area contributed by atoms with Crippen LogP contribution in [0.25, 0.3) is 21.6 Å². The summed E-state index contributed by atoms with van der Waals surface area (Å²) in [5.41, 5.74) is 2.22. The summed E-state index contributed by atoms with van der Waals surface area (Å²) in [5, 5.41) is 2.07. The molecule has 2 heterocycles. The first-order chi connectivity index (χ1) is 8.29. The van der Waals surface area contributed by atoms with Crippen molar-refractivity contribution in [2.24, 2.45) is 7.05 Å². The molecule has 0 aliphatic carbocycles. The first-order valence-electron chi connectivity index (χ1n) is 5.25. The van der Waals surface area contributed by atoms with Crippen LogP contribution in [-0.4, -0.2) is 15.8 Å². The molecule has 0 amide bonds. The lowest BCUT2D eigenvalue weighted by Gasteiger charge is -1.99. The van der Waals surface area contributed by atoms with Gasteiger partial charge in [-0.3, -0.25) is 4.79 Å². The lowest BCUT2D eigenvalue weighted by Crippen LogP contribution is -1.89. The molecular weight excluding hydrogens is 232 g/mol. The molecule has 0 unspecified atom stereocenters. The summed E-state index contributed by atoms with van der Waals surface area (Å²) in [7, 11) is 2.01. The zero-order chi connectivity index (χ0) is 11.8. The molecule has 84 valence electrons. The van der Waals surface area contributed by atoms with E-state index in [1.807, 2.05) is 19.2 Å². The number of carbonyl (C=O) groups excluding carboxylic acids is 1. The number of aryl methyl sites for hydroxylation is 1. The van der Waals surface area contributed by atoms with Crippen LogP contribution in [0.4, 0.5) is 0 Å². The van der Waals surface area contributed by atoms with Gasteiger partial charge in [-0.05, 0) is 12.1 Å². The summed E-state index contributed by atoms with van der Waals surface area (Å²) in [6.45, 7) is 0. The van der Waals surface area contributed by atoms with Gasteiger partial charge in [-0.2, -0.15) is 0 Å². The Labute approximate surface area is 102 Å².